The minimum Gasteiger partial charge on any atom is -0.387 e. The van der Waals surface area contributed by atoms with E-state index in [9.17, 15) is 14.3 Å². The molecule has 10 nitrogen and oxygen atoms in total. The van der Waals surface area contributed by atoms with E-state index in [1.807, 2.05) is 24.3 Å². The minimum atomic E-state index is -1.66. The van der Waals surface area contributed by atoms with E-state index >= 15 is 0 Å². The highest BCUT2D eigenvalue weighted by Gasteiger charge is 2.27. The van der Waals surface area contributed by atoms with Gasteiger partial charge in [-0.05, 0) is 38.1 Å². The summed E-state index contributed by atoms with van der Waals surface area (Å²) in [6, 6.07) is 11.0. The fourth-order valence-electron chi connectivity index (χ4n) is 3.61. The molecule has 0 radical (unpaired) electrons. The number of nitrogens with zero attached hydrogens (tertiary/aromatic N) is 6. The van der Waals surface area contributed by atoms with Crippen molar-refractivity contribution in [3.8, 4) is 11.9 Å². The number of carbonyl (C=O) groups is 1. The van der Waals surface area contributed by atoms with Crippen molar-refractivity contribution in [3.05, 3.63) is 65.6 Å². The van der Waals surface area contributed by atoms with Gasteiger partial charge >= 0.3 is 0 Å². The van der Waals surface area contributed by atoms with Gasteiger partial charge in [-0.25, -0.2) is 19.3 Å². The van der Waals surface area contributed by atoms with Crippen molar-refractivity contribution in [3.63, 3.8) is 0 Å². The van der Waals surface area contributed by atoms with Crippen molar-refractivity contribution < 1.29 is 14.3 Å². The van der Waals surface area contributed by atoms with Crippen LogP contribution in [0.1, 0.15) is 29.8 Å². The number of hydrogen-bond donors (Lipinski definition) is 3. The molecular formula is C25H21FN8O2S. The van der Waals surface area contributed by atoms with E-state index in [-0.39, 0.29) is 12.1 Å². The van der Waals surface area contributed by atoms with Gasteiger partial charge in [0.05, 0.1) is 50.9 Å². The van der Waals surface area contributed by atoms with Crippen LogP contribution >= 0.6 is 11.3 Å². The molecule has 0 fully saturated rings. The molecule has 186 valence electrons. The van der Waals surface area contributed by atoms with Crippen molar-refractivity contribution in [1.29, 1.82) is 5.26 Å². The number of benzene rings is 1. The zero-order valence-electron chi connectivity index (χ0n) is 19.8. The van der Waals surface area contributed by atoms with E-state index in [1.54, 1.807) is 23.8 Å². The summed E-state index contributed by atoms with van der Waals surface area (Å²) in [5.74, 6) is -0.181. The van der Waals surface area contributed by atoms with Crippen LogP contribution in [-0.4, -0.2) is 54.1 Å². The number of fused-ring (bicyclic) bond motifs is 2. The number of amides is 1. The van der Waals surface area contributed by atoms with Crippen LogP contribution in [0.25, 0.3) is 27.1 Å². The summed E-state index contributed by atoms with van der Waals surface area (Å²) in [4.78, 5) is 26.0. The molecular weight excluding hydrogens is 495 g/mol. The summed E-state index contributed by atoms with van der Waals surface area (Å²) in [7, 11) is 0. The normalized spacial score (nSPS) is 12.4. The number of anilines is 2. The van der Waals surface area contributed by atoms with Gasteiger partial charge in [0.1, 0.15) is 12.2 Å². The summed E-state index contributed by atoms with van der Waals surface area (Å²) in [5, 5.41) is 29.8. The lowest BCUT2D eigenvalue weighted by atomic mass is 10.0. The van der Waals surface area contributed by atoms with E-state index in [0.717, 1.165) is 10.2 Å². The number of aliphatic hydroxyl groups is 1. The lowest BCUT2D eigenvalue weighted by molar-refractivity contribution is -0.00177. The standard InChI is InChI=1S/C25H21FN8O2S/c1-25(2,36)21(26)12-30-24(35)17-11-28-22(34-23-15(10-32-34)5-14(8-27)9-29-23)7-19(17)33-16-3-4-18-20(6-16)37-13-31-18/h3-7,9-11,13,21,36H,12H2,1-2H3,(H,28,33)(H,30,35)/t21-/m1/s1. The highest BCUT2D eigenvalue weighted by Crippen LogP contribution is 2.28. The first-order chi connectivity index (χ1) is 17.7. The number of rotatable bonds is 7. The smallest absolute Gasteiger partial charge is 0.255 e. The molecule has 0 aliphatic heterocycles. The third kappa shape index (κ3) is 4.95. The number of nitriles is 1. The number of nitrogens with one attached hydrogen (secondary N) is 2. The van der Waals surface area contributed by atoms with Crippen LogP contribution in [-0.2, 0) is 0 Å². The molecule has 37 heavy (non-hydrogen) atoms. The first-order valence-electron chi connectivity index (χ1n) is 11.2. The molecule has 0 saturated carbocycles. The number of pyridine rings is 2. The molecule has 0 aliphatic rings. The molecule has 4 heterocycles. The summed E-state index contributed by atoms with van der Waals surface area (Å²) in [6.45, 7) is 2.31. The van der Waals surface area contributed by atoms with Crippen LogP contribution in [0.15, 0.2) is 54.4 Å². The van der Waals surface area contributed by atoms with Crippen molar-refractivity contribution in [1.82, 2.24) is 30.0 Å². The number of carbonyl (C=O) groups excluding carboxylic acids is 1. The molecule has 3 N–H and O–H groups in total. The van der Waals surface area contributed by atoms with Crippen molar-refractivity contribution >= 4 is 49.9 Å². The monoisotopic (exact) mass is 516 g/mol. The Hall–Kier alpha value is -4.47. The second kappa shape index (κ2) is 9.53. The van der Waals surface area contributed by atoms with Gasteiger partial charge in [0.2, 0.25) is 0 Å². The molecule has 4 aromatic heterocycles. The number of thiazole rings is 1. The van der Waals surface area contributed by atoms with Gasteiger partial charge in [0.15, 0.2) is 11.5 Å². The van der Waals surface area contributed by atoms with Gasteiger partial charge in [0, 0.05) is 29.5 Å². The number of hydrogen-bond acceptors (Lipinski definition) is 9. The van der Waals surface area contributed by atoms with E-state index in [4.69, 9.17) is 5.26 Å². The van der Waals surface area contributed by atoms with E-state index < -0.39 is 17.7 Å². The maximum Gasteiger partial charge on any atom is 0.255 e. The average molecular weight is 517 g/mol. The van der Waals surface area contributed by atoms with E-state index in [2.05, 4.69) is 30.7 Å². The Morgan fingerprint density at radius 1 is 1.22 bits per heavy atom. The highest BCUT2D eigenvalue weighted by molar-refractivity contribution is 7.16. The van der Waals surface area contributed by atoms with Gasteiger partial charge in [-0.15, -0.1) is 11.3 Å². The Morgan fingerprint density at radius 2 is 2.05 bits per heavy atom. The maximum absolute atomic E-state index is 14.3. The van der Waals surface area contributed by atoms with Crippen LogP contribution in [0.3, 0.4) is 0 Å². The van der Waals surface area contributed by atoms with Gasteiger partial charge in [0.25, 0.3) is 5.91 Å². The predicted molar refractivity (Wildman–Crippen MR) is 138 cm³/mol. The maximum atomic E-state index is 14.3. The van der Waals surface area contributed by atoms with Gasteiger partial charge < -0.3 is 15.7 Å². The van der Waals surface area contributed by atoms with E-state index in [0.29, 0.717) is 33.8 Å². The van der Waals surface area contributed by atoms with Crippen molar-refractivity contribution in [2.45, 2.75) is 25.6 Å². The Kier molecular flexibility index (Phi) is 6.24. The van der Waals surface area contributed by atoms with Crippen LogP contribution in [0.4, 0.5) is 15.8 Å². The molecule has 5 rings (SSSR count). The molecule has 0 spiro atoms. The first kappa shape index (κ1) is 24.2. The molecule has 12 heteroatoms. The molecule has 5 aromatic rings. The fraction of sp³-hybridized carbons (Fsp3) is 0.200. The third-order valence-corrected chi connectivity index (χ3v) is 6.50. The predicted octanol–water partition coefficient (Wildman–Crippen LogP) is 3.88. The topological polar surface area (TPSA) is 142 Å². The summed E-state index contributed by atoms with van der Waals surface area (Å²) < 4.78 is 16.7. The van der Waals surface area contributed by atoms with Crippen molar-refractivity contribution in [2.75, 3.05) is 11.9 Å². The summed E-state index contributed by atoms with van der Waals surface area (Å²) in [6.07, 6.45) is 2.73. The van der Waals surface area contributed by atoms with Crippen molar-refractivity contribution in [2.24, 2.45) is 0 Å². The Balaban J connectivity index is 1.52. The zero-order chi connectivity index (χ0) is 26.2. The SMILES string of the molecule is CC(C)(O)[C@H](F)CNC(=O)c1cnc(-n2ncc3cc(C#N)cnc32)cc1Nc1ccc2ncsc2c1. The summed E-state index contributed by atoms with van der Waals surface area (Å²) >= 11 is 1.49. The van der Waals surface area contributed by atoms with Gasteiger partial charge in [-0.2, -0.15) is 15.0 Å². The molecule has 0 bridgehead atoms. The summed E-state index contributed by atoms with van der Waals surface area (Å²) in [5.41, 5.74) is 3.20. The Bertz CT molecular complexity index is 1670. The Labute approximate surface area is 214 Å². The molecule has 1 atom stereocenters. The molecule has 0 saturated heterocycles. The molecule has 1 aromatic carbocycles. The van der Waals surface area contributed by atoms with Crippen LogP contribution in [0.2, 0.25) is 0 Å². The van der Waals surface area contributed by atoms with Crippen LogP contribution < -0.4 is 10.6 Å². The molecule has 0 unspecified atom stereocenters. The highest BCUT2D eigenvalue weighted by atomic mass is 32.1. The lowest BCUT2D eigenvalue weighted by Crippen LogP contribution is -2.42. The quantitative estimate of drug-likeness (QED) is 0.296. The van der Waals surface area contributed by atoms with Crippen LogP contribution in [0.5, 0.6) is 0 Å². The average Bonchev–Trinajstić information content (AvgIpc) is 3.52. The number of halogens is 1. The van der Waals surface area contributed by atoms with Gasteiger partial charge in [-0.1, -0.05) is 0 Å². The lowest BCUT2D eigenvalue weighted by Gasteiger charge is -2.22. The van der Waals surface area contributed by atoms with E-state index in [1.165, 1.54) is 42.3 Å². The first-order valence-corrected chi connectivity index (χ1v) is 12.1. The van der Waals surface area contributed by atoms with Gasteiger partial charge in [-0.3, -0.25) is 4.79 Å². The number of aromatic nitrogens is 5. The largest absolute Gasteiger partial charge is 0.387 e. The second-order valence-corrected chi connectivity index (χ2v) is 9.77. The Morgan fingerprint density at radius 3 is 2.84 bits per heavy atom. The third-order valence-electron chi connectivity index (χ3n) is 5.71. The molecule has 1 amide bonds. The number of alkyl halides is 1. The zero-order valence-corrected chi connectivity index (χ0v) is 20.6. The molecule has 0 aliphatic carbocycles. The van der Waals surface area contributed by atoms with Crippen LogP contribution in [0, 0.1) is 11.3 Å². The second-order valence-electron chi connectivity index (χ2n) is 8.88. The fourth-order valence-corrected chi connectivity index (χ4v) is 4.33. The minimum absolute atomic E-state index is 0.173.